The molecule has 25 heavy (non-hydrogen) atoms. The van der Waals surface area contributed by atoms with E-state index in [0.717, 1.165) is 24.4 Å². The zero-order chi connectivity index (χ0) is 17.6. The van der Waals surface area contributed by atoms with Gasteiger partial charge in [-0.15, -0.1) is 5.10 Å². The molecule has 1 amide bonds. The maximum Gasteiger partial charge on any atom is 0.268 e. The number of aromatic nitrogens is 2. The largest absolute Gasteiger partial charge is 0.332 e. The van der Waals surface area contributed by atoms with Gasteiger partial charge in [0.25, 0.3) is 5.91 Å². The van der Waals surface area contributed by atoms with Gasteiger partial charge < -0.3 is 4.90 Å². The Bertz CT molecular complexity index is 881. The van der Waals surface area contributed by atoms with Crippen molar-refractivity contribution in [3.05, 3.63) is 40.9 Å². The third kappa shape index (κ3) is 2.77. The van der Waals surface area contributed by atoms with Gasteiger partial charge in [-0.05, 0) is 56.3 Å². The molecule has 0 N–H and O–H groups in total. The van der Waals surface area contributed by atoms with E-state index >= 15 is 0 Å². The van der Waals surface area contributed by atoms with Gasteiger partial charge in [-0.1, -0.05) is 22.7 Å². The van der Waals surface area contributed by atoms with Gasteiger partial charge in [-0.3, -0.25) is 4.79 Å². The molecule has 3 heterocycles. The van der Waals surface area contributed by atoms with Crippen LogP contribution in [-0.2, 0) is 9.84 Å². The van der Waals surface area contributed by atoms with Crippen molar-refractivity contribution in [1.82, 2.24) is 14.5 Å². The highest BCUT2D eigenvalue weighted by atomic mass is 32.2. The van der Waals surface area contributed by atoms with Crippen LogP contribution in [0.5, 0.6) is 0 Å². The van der Waals surface area contributed by atoms with Crippen molar-refractivity contribution >= 4 is 27.3 Å². The standard InChI is InChI=1S/C17H19N3O3S2/c1-11-16(24-19-18-11)17(21)20-12-7-8-13(20)10-15(9-12)25(22,23)14-5-3-2-4-6-14/h2-6,12-13,15H,7-10H2,1H3/t12-,13-/m1/s1. The predicted octanol–water partition coefficient (Wildman–Crippen LogP) is 2.46. The Labute approximate surface area is 150 Å². The van der Waals surface area contributed by atoms with Gasteiger partial charge in [0.2, 0.25) is 0 Å². The van der Waals surface area contributed by atoms with E-state index in [1.807, 2.05) is 11.0 Å². The first-order chi connectivity index (χ1) is 12.0. The molecule has 2 aliphatic heterocycles. The zero-order valence-corrected chi connectivity index (χ0v) is 15.5. The molecule has 2 aliphatic rings. The highest BCUT2D eigenvalue weighted by Gasteiger charge is 2.47. The van der Waals surface area contributed by atoms with Gasteiger partial charge in [0.1, 0.15) is 4.88 Å². The van der Waals surface area contributed by atoms with Crippen molar-refractivity contribution < 1.29 is 13.2 Å². The van der Waals surface area contributed by atoms with Crippen LogP contribution in [0.2, 0.25) is 0 Å². The van der Waals surface area contributed by atoms with Crippen molar-refractivity contribution in [1.29, 1.82) is 0 Å². The summed E-state index contributed by atoms with van der Waals surface area (Å²) >= 11 is 1.12. The Morgan fingerprint density at radius 3 is 2.36 bits per heavy atom. The van der Waals surface area contributed by atoms with E-state index in [0.29, 0.717) is 28.3 Å². The van der Waals surface area contributed by atoms with Crippen molar-refractivity contribution in [2.24, 2.45) is 0 Å². The molecule has 6 nitrogen and oxygen atoms in total. The number of sulfone groups is 1. The zero-order valence-electron chi connectivity index (χ0n) is 13.8. The molecule has 2 aromatic rings. The number of piperidine rings is 1. The Morgan fingerprint density at radius 2 is 1.80 bits per heavy atom. The number of nitrogens with zero attached hydrogens (tertiary/aromatic N) is 3. The minimum absolute atomic E-state index is 0.0174. The summed E-state index contributed by atoms with van der Waals surface area (Å²) in [5, 5.41) is 3.50. The lowest BCUT2D eigenvalue weighted by molar-refractivity contribution is 0.0602. The first-order valence-corrected chi connectivity index (χ1v) is 10.7. The van der Waals surface area contributed by atoms with Crippen molar-refractivity contribution in [2.45, 2.75) is 54.8 Å². The highest BCUT2D eigenvalue weighted by Crippen LogP contribution is 2.40. The Kier molecular flexibility index (Phi) is 4.11. The molecule has 0 radical (unpaired) electrons. The molecule has 132 valence electrons. The van der Waals surface area contributed by atoms with Crippen LogP contribution in [0.4, 0.5) is 0 Å². The molecular formula is C17H19N3O3S2. The van der Waals surface area contributed by atoms with Crippen LogP contribution < -0.4 is 0 Å². The quantitative estimate of drug-likeness (QED) is 0.821. The molecule has 0 aliphatic carbocycles. The summed E-state index contributed by atoms with van der Waals surface area (Å²) in [7, 11) is -3.36. The van der Waals surface area contributed by atoms with Gasteiger partial charge in [-0.25, -0.2) is 8.42 Å². The fraction of sp³-hybridized carbons (Fsp3) is 0.471. The summed E-state index contributed by atoms with van der Waals surface area (Å²) in [6.07, 6.45) is 2.74. The first-order valence-electron chi connectivity index (χ1n) is 8.39. The molecule has 2 bridgehead atoms. The van der Waals surface area contributed by atoms with E-state index in [1.165, 1.54) is 0 Å². The van der Waals surface area contributed by atoms with Gasteiger partial charge >= 0.3 is 0 Å². The average Bonchev–Trinajstić information content (AvgIpc) is 3.15. The lowest BCUT2D eigenvalue weighted by Gasteiger charge is -2.38. The van der Waals surface area contributed by atoms with Gasteiger partial charge in [0.05, 0.1) is 15.8 Å². The number of fused-ring (bicyclic) bond motifs is 2. The van der Waals surface area contributed by atoms with Crippen molar-refractivity contribution in [3.63, 3.8) is 0 Å². The fourth-order valence-electron chi connectivity index (χ4n) is 4.06. The summed E-state index contributed by atoms with van der Waals surface area (Å²) in [4.78, 5) is 15.7. The lowest BCUT2D eigenvalue weighted by atomic mass is 10.0. The number of hydrogen-bond donors (Lipinski definition) is 0. The summed E-state index contributed by atoms with van der Waals surface area (Å²) < 4.78 is 29.7. The lowest BCUT2D eigenvalue weighted by Crippen LogP contribution is -2.49. The normalized spacial score (nSPS) is 26.0. The SMILES string of the molecule is Cc1nnsc1C(=O)N1[C@@H]2CC[C@@H]1CC(S(=O)(=O)c1ccccc1)C2. The monoisotopic (exact) mass is 377 g/mol. The predicted molar refractivity (Wildman–Crippen MR) is 94.3 cm³/mol. The molecule has 0 spiro atoms. The highest BCUT2D eigenvalue weighted by molar-refractivity contribution is 7.92. The Morgan fingerprint density at radius 1 is 1.16 bits per heavy atom. The smallest absolute Gasteiger partial charge is 0.268 e. The Balaban J connectivity index is 1.58. The average molecular weight is 377 g/mol. The van der Waals surface area contributed by atoms with E-state index < -0.39 is 15.1 Å². The van der Waals surface area contributed by atoms with E-state index in [9.17, 15) is 13.2 Å². The third-order valence-corrected chi connectivity index (χ3v) is 8.29. The fourth-order valence-corrected chi connectivity index (χ4v) is 6.53. The second kappa shape index (κ2) is 6.17. The minimum atomic E-state index is -3.36. The first kappa shape index (κ1) is 16.7. The van der Waals surface area contributed by atoms with Crippen molar-refractivity contribution in [3.8, 4) is 0 Å². The van der Waals surface area contributed by atoms with Crippen LogP contribution in [0.1, 0.15) is 41.0 Å². The van der Waals surface area contributed by atoms with Gasteiger partial charge in [0.15, 0.2) is 9.84 Å². The number of carbonyl (C=O) groups is 1. The number of benzene rings is 1. The molecule has 1 aromatic carbocycles. The van der Waals surface area contributed by atoms with Crippen molar-refractivity contribution in [2.75, 3.05) is 0 Å². The molecule has 0 saturated carbocycles. The summed E-state index contributed by atoms with van der Waals surface area (Å²) in [6.45, 7) is 1.78. The molecule has 1 aromatic heterocycles. The second-order valence-electron chi connectivity index (χ2n) is 6.74. The molecule has 2 atom stereocenters. The van der Waals surface area contributed by atoms with E-state index in [-0.39, 0.29) is 18.0 Å². The second-order valence-corrected chi connectivity index (χ2v) is 9.72. The number of amides is 1. The summed E-state index contributed by atoms with van der Waals surface area (Å²) in [6, 6.07) is 8.59. The van der Waals surface area contributed by atoms with Crippen LogP contribution in [0, 0.1) is 6.92 Å². The van der Waals surface area contributed by atoms with Crippen LogP contribution in [0.3, 0.4) is 0 Å². The number of rotatable bonds is 3. The van der Waals surface area contributed by atoms with Crippen LogP contribution in [-0.4, -0.2) is 46.1 Å². The van der Waals surface area contributed by atoms with E-state index in [1.54, 1.807) is 31.2 Å². The Hall–Kier alpha value is -1.80. The number of carbonyl (C=O) groups excluding carboxylic acids is 1. The molecule has 2 fully saturated rings. The summed E-state index contributed by atoms with van der Waals surface area (Å²) in [5.41, 5.74) is 0.647. The van der Waals surface area contributed by atoms with Crippen LogP contribution in [0.15, 0.2) is 35.2 Å². The molecule has 8 heteroatoms. The molecule has 0 unspecified atom stereocenters. The topological polar surface area (TPSA) is 80.2 Å². The number of aryl methyl sites for hydroxylation is 1. The van der Waals surface area contributed by atoms with E-state index in [2.05, 4.69) is 9.59 Å². The van der Waals surface area contributed by atoms with Crippen LogP contribution >= 0.6 is 11.5 Å². The summed E-state index contributed by atoms with van der Waals surface area (Å²) in [5.74, 6) is -0.0458. The molecular weight excluding hydrogens is 358 g/mol. The maximum atomic E-state index is 12.9. The van der Waals surface area contributed by atoms with Gasteiger partial charge in [-0.2, -0.15) is 0 Å². The maximum absolute atomic E-state index is 12.9. The third-order valence-electron chi connectivity index (χ3n) is 5.28. The molecule has 4 rings (SSSR count). The number of hydrogen-bond acceptors (Lipinski definition) is 6. The molecule has 2 saturated heterocycles. The van der Waals surface area contributed by atoms with Crippen LogP contribution in [0.25, 0.3) is 0 Å². The van der Waals surface area contributed by atoms with E-state index in [4.69, 9.17) is 0 Å². The van der Waals surface area contributed by atoms with Gasteiger partial charge in [0, 0.05) is 12.1 Å². The minimum Gasteiger partial charge on any atom is -0.332 e.